The molecular formula is C18H20FN3O4. The van der Waals surface area contributed by atoms with Crippen LogP contribution >= 0.6 is 0 Å². The van der Waals surface area contributed by atoms with Crippen LogP contribution in [0.3, 0.4) is 0 Å². The fourth-order valence-electron chi connectivity index (χ4n) is 3.13. The molecule has 0 aromatic heterocycles. The van der Waals surface area contributed by atoms with Gasteiger partial charge in [0.05, 0.1) is 12.0 Å². The number of carbonyl (C=O) groups excluding carboxylic acids is 2. The van der Waals surface area contributed by atoms with Crippen LogP contribution in [0, 0.1) is 11.2 Å². The Balaban J connectivity index is 1.73. The van der Waals surface area contributed by atoms with E-state index in [2.05, 4.69) is 5.10 Å². The van der Waals surface area contributed by atoms with Crippen molar-refractivity contribution < 1.29 is 23.9 Å². The van der Waals surface area contributed by atoms with Crippen molar-refractivity contribution in [3.8, 4) is 0 Å². The summed E-state index contributed by atoms with van der Waals surface area (Å²) in [7, 11) is 0. The van der Waals surface area contributed by atoms with E-state index in [-0.39, 0.29) is 49.3 Å². The maximum atomic E-state index is 13.0. The lowest BCUT2D eigenvalue weighted by molar-refractivity contribution is -0.147. The van der Waals surface area contributed by atoms with Gasteiger partial charge in [-0.05, 0) is 31.0 Å². The molecule has 0 bridgehead atoms. The fraction of sp³-hybridized carbons (Fsp3) is 0.444. The first-order valence-electron chi connectivity index (χ1n) is 8.43. The molecule has 138 valence electrons. The van der Waals surface area contributed by atoms with E-state index >= 15 is 0 Å². The number of nitrogens with zero attached hydrogens (tertiary/aromatic N) is 3. The molecule has 0 spiro atoms. The maximum absolute atomic E-state index is 13.0. The molecule has 1 atom stereocenters. The Kier molecular flexibility index (Phi) is 4.76. The predicted octanol–water partition coefficient (Wildman–Crippen LogP) is 1.63. The predicted molar refractivity (Wildman–Crippen MR) is 90.6 cm³/mol. The number of hydrogen-bond acceptors (Lipinski definition) is 4. The number of rotatable bonds is 4. The smallest absolute Gasteiger partial charge is 0.311 e. The molecule has 1 aromatic carbocycles. The number of halogens is 1. The number of carbonyl (C=O) groups is 3. The Morgan fingerprint density at radius 3 is 2.58 bits per heavy atom. The molecule has 3 rings (SSSR count). The third-order valence-corrected chi connectivity index (χ3v) is 4.87. The van der Waals surface area contributed by atoms with E-state index in [0.29, 0.717) is 18.5 Å². The summed E-state index contributed by atoms with van der Waals surface area (Å²) in [5.74, 6) is -1.82. The molecule has 1 aromatic rings. The van der Waals surface area contributed by atoms with E-state index in [1.807, 2.05) is 0 Å². The quantitative estimate of drug-likeness (QED) is 0.882. The third-order valence-electron chi connectivity index (χ3n) is 4.87. The van der Waals surface area contributed by atoms with Crippen molar-refractivity contribution in [1.29, 1.82) is 0 Å². The molecule has 1 unspecified atom stereocenters. The lowest BCUT2D eigenvalue weighted by Crippen LogP contribution is -2.42. The van der Waals surface area contributed by atoms with Gasteiger partial charge in [-0.2, -0.15) is 5.10 Å². The first-order valence-corrected chi connectivity index (χ1v) is 8.43. The highest BCUT2D eigenvalue weighted by Gasteiger charge is 2.43. The van der Waals surface area contributed by atoms with E-state index in [9.17, 15) is 23.9 Å². The molecule has 0 radical (unpaired) electrons. The van der Waals surface area contributed by atoms with Gasteiger partial charge in [0.1, 0.15) is 11.5 Å². The van der Waals surface area contributed by atoms with E-state index in [0.717, 1.165) is 0 Å². The highest BCUT2D eigenvalue weighted by molar-refractivity contribution is 6.39. The highest BCUT2D eigenvalue weighted by Crippen LogP contribution is 2.30. The van der Waals surface area contributed by atoms with Crippen molar-refractivity contribution in [2.45, 2.75) is 32.7 Å². The highest BCUT2D eigenvalue weighted by atomic mass is 19.1. The van der Waals surface area contributed by atoms with Crippen LogP contribution in [0.5, 0.6) is 0 Å². The summed E-state index contributed by atoms with van der Waals surface area (Å²) in [6.45, 7) is 2.26. The zero-order chi connectivity index (χ0) is 18.9. The molecule has 7 nitrogen and oxygen atoms in total. The molecule has 2 heterocycles. The molecule has 0 aliphatic carbocycles. The van der Waals surface area contributed by atoms with Crippen LogP contribution in [0.4, 0.5) is 4.39 Å². The van der Waals surface area contributed by atoms with Crippen molar-refractivity contribution in [3.05, 3.63) is 35.6 Å². The molecule has 1 saturated heterocycles. The number of hydrogen-bond donors (Lipinski definition) is 1. The fourth-order valence-corrected chi connectivity index (χ4v) is 3.13. The summed E-state index contributed by atoms with van der Waals surface area (Å²) in [5.41, 5.74) is 0.00675. The second-order valence-corrected chi connectivity index (χ2v) is 6.97. The van der Waals surface area contributed by atoms with Gasteiger partial charge in [0, 0.05) is 25.9 Å². The lowest BCUT2D eigenvalue weighted by Gasteiger charge is -2.26. The summed E-state index contributed by atoms with van der Waals surface area (Å²) >= 11 is 0. The van der Waals surface area contributed by atoms with Gasteiger partial charge in [0.25, 0.3) is 5.91 Å². The van der Waals surface area contributed by atoms with E-state index in [1.165, 1.54) is 22.0 Å². The summed E-state index contributed by atoms with van der Waals surface area (Å²) in [6, 6.07) is 5.73. The minimum Gasteiger partial charge on any atom is -0.481 e. The van der Waals surface area contributed by atoms with Crippen molar-refractivity contribution in [2.75, 3.05) is 13.1 Å². The Bertz CT molecular complexity index is 777. The summed E-state index contributed by atoms with van der Waals surface area (Å²) in [5, 5.41) is 14.7. The number of hydrazone groups is 1. The van der Waals surface area contributed by atoms with Gasteiger partial charge < -0.3 is 10.0 Å². The molecule has 2 aliphatic heterocycles. The molecule has 8 heteroatoms. The molecular weight excluding hydrogens is 341 g/mol. The van der Waals surface area contributed by atoms with Gasteiger partial charge >= 0.3 is 5.97 Å². The first-order chi connectivity index (χ1) is 12.3. The van der Waals surface area contributed by atoms with Gasteiger partial charge in [-0.25, -0.2) is 9.40 Å². The maximum Gasteiger partial charge on any atom is 0.311 e. The number of carboxylic acid groups (broad SMARTS) is 1. The Morgan fingerprint density at radius 2 is 1.96 bits per heavy atom. The van der Waals surface area contributed by atoms with Gasteiger partial charge in [-0.3, -0.25) is 14.4 Å². The van der Waals surface area contributed by atoms with Crippen LogP contribution in [0.1, 0.15) is 31.7 Å². The third kappa shape index (κ3) is 3.58. The lowest BCUT2D eigenvalue weighted by atomic mass is 9.90. The van der Waals surface area contributed by atoms with Crippen molar-refractivity contribution in [1.82, 2.24) is 9.91 Å². The van der Waals surface area contributed by atoms with Gasteiger partial charge in [-0.15, -0.1) is 0 Å². The van der Waals surface area contributed by atoms with Gasteiger partial charge in [-0.1, -0.05) is 12.1 Å². The first kappa shape index (κ1) is 18.0. The average molecular weight is 361 g/mol. The standard InChI is InChI=1S/C18H20FN3O4/c1-18(17(25)26)8-9-21(11-18)16(24)14-6-7-15(23)22(20-14)10-12-2-4-13(19)5-3-12/h2-5H,6-11H2,1H3,(H,25,26). The van der Waals surface area contributed by atoms with Crippen LogP contribution < -0.4 is 0 Å². The number of likely N-dealkylation sites (tertiary alicyclic amines) is 1. The molecule has 2 amide bonds. The van der Waals surface area contributed by atoms with Crippen LogP contribution in [0.25, 0.3) is 0 Å². The summed E-state index contributed by atoms with van der Waals surface area (Å²) < 4.78 is 13.0. The van der Waals surface area contributed by atoms with Crippen LogP contribution in [0.15, 0.2) is 29.4 Å². The Morgan fingerprint density at radius 1 is 1.27 bits per heavy atom. The molecule has 1 N–H and O–H groups in total. The zero-order valence-corrected chi connectivity index (χ0v) is 14.4. The van der Waals surface area contributed by atoms with Crippen molar-refractivity contribution in [2.24, 2.45) is 10.5 Å². The van der Waals surface area contributed by atoms with Gasteiger partial charge in [0.15, 0.2) is 0 Å². The minimum absolute atomic E-state index is 0.131. The van der Waals surface area contributed by atoms with Crippen LogP contribution in [-0.4, -0.2) is 51.6 Å². The Labute approximate surface area is 150 Å². The average Bonchev–Trinajstić information content (AvgIpc) is 3.02. The van der Waals surface area contributed by atoms with E-state index in [1.54, 1.807) is 19.1 Å². The molecule has 1 fully saturated rings. The number of benzene rings is 1. The monoisotopic (exact) mass is 361 g/mol. The topological polar surface area (TPSA) is 90.3 Å². The normalized spacial score (nSPS) is 23.2. The summed E-state index contributed by atoms with van der Waals surface area (Å²) in [4.78, 5) is 37.6. The second-order valence-electron chi connectivity index (χ2n) is 6.97. The van der Waals surface area contributed by atoms with Gasteiger partial charge in [0.2, 0.25) is 5.91 Å². The molecule has 2 aliphatic rings. The van der Waals surface area contributed by atoms with Crippen molar-refractivity contribution >= 4 is 23.5 Å². The number of carboxylic acids is 1. The van der Waals surface area contributed by atoms with Crippen LogP contribution in [0.2, 0.25) is 0 Å². The molecule has 0 saturated carbocycles. The number of amides is 2. The molecule has 26 heavy (non-hydrogen) atoms. The zero-order valence-electron chi connectivity index (χ0n) is 14.4. The summed E-state index contributed by atoms with van der Waals surface area (Å²) in [6.07, 6.45) is 0.785. The largest absolute Gasteiger partial charge is 0.481 e. The van der Waals surface area contributed by atoms with Crippen molar-refractivity contribution in [3.63, 3.8) is 0 Å². The Hall–Kier alpha value is -2.77. The van der Waals surface area contributed by atoms with E-state index in [4.69, 9.17) is 0 Å². The second kappa shape index (κ2) is 6.86. The minimum atomic E-state index is -0.950. The SMILES string of the molecule is CC1(C(=O)O)CCN(C(=O)C2=NN(Cc3ccc(F)cc3)C(=O)CC2)C1. The van der Waals surface area contributed by atoms with Crippen LogP contribution in [-0.2, 0) is 20.9 Å². The van der Waals surface area contributed by atoms with E-state index < -0.39 is 11.4 Å². The number of aliphatic carboxylic acids is 1.